The van der Waals surface area contributed by atoms with Crippen LogP contribution < -0.4 is 11.3 Å². The van der Waals surface area contributed by atoms with Crippen LogP contribution in [0.5, 0.6) is 0 Å². The van der Waals surface area contributed by atoms with Crippen LogP contribution in [-0.2, 0) is 15.6 Å². The lowest BCUT2D eigenvalue weighted by Gasteiger charge is -2.01. The molecule has 0 fully saturated rings. The molecule has 106 valence electrons. The highest BCUT2D eigenvalue weighted by atomic mass is 32.2. The van der Waals surface area contributed by atoms with Crippen molar-refractivity contribution in [3.8, 4) is 0 Å². The van der Waals surface area contributed by atoms with Crippen molar-refractivity contribution in [1.29, 1.82) is 0 Å². The maximum Gasteiger partial charge on any atom is 0.323 e. The fourth-order valence-electron chi connectivity index (χ4n) is 1.47. The minimum Gasteiger partial charge on any atom is -0.328 e. The van der Waals surface area contributed by atoms with Crippen LogP contribution in [0.25, 0.3) is 0 Å². The van der Waals surface area contributed by atoms with Crippen LogP contribution >= 0.6 is 0 Å². The monoisotopic (exact) mass is 296 g/mol. The molecule has 0 aliphatic heterocycles. The van der Waals surface area contributed by atoms with Crippen LogP contribution in [0.15, 0.2) is 33.7 Å². The van der Waals surface area contributed by atoms with E-state index in [-0.39, 0.29) is 16.6 Å². The minimum atomic E-state index is -3.60. The highest BCUT2D eigenvalue weighted by molar-refractivity contribution is 7.90. The van der Waals surface area contributed by atoms with Gasteiger partial charge in [-0.05, 0) is 19.1 Å². The predicted molar refractivity (Wildman–Crippen MR) is 68.0 cm³/mol. The van der Waals surface area contributed by atoms with Crippen LogP contribution in [0.4, 0.5) is 0 Å². The SMILES string of the molecule is Cc1ccc(S(=O)(=O)Cc2noc(C(=O)NN)n2)cc1. The van der Waals surface area contributed by atoms with Gasteiger partial charge >= 0.3 is 11.8 Å². The van der Waals surface area contributed by atoms with Gasteiger partial charge in [-0.1, -0.05) is 22.9 Å². The summed E-state index contributed by atoms with van der Waals surface area (Å²) < 4.78 is 28.8. The fourth-order valence-corrected chi connectivity index (χ4v) is 2.64. The lowest BCUT2D eigenvalue weighted by atomic mass is 10.2. The van der Waals surface area contributed by atoms with Gasteiger partial charge in [0.05, 0.1) is 4.90 Å². The fraction of sp³-hybridized carbons (Fsp3) is 0.182. The Bertz CT molecular complexity index is 721. The quantitative estimate of drug-likeness (QED) is 0.460. The molecule has 2 aromatic rings. The predicted octanol–water partition coefficient (Wildman–Crippen LogP) is -0.0446. The second-order valence-electron chi connectivity index (χ2n) is 4.06. The molecule has 1 aromatic carbocycles. The van der Waals surface area contributed by atoms with E-state index >= 15 is 0 Å². The van der Waals surface area contributed by atoms with Gasteiger partial charge in [0.1, 0.15) is 5.75 Å². The minimum absolute atomic E-state index is 0.107. The normalized spacial score (nSPS) is 11.3. The molecule has 0 bridgehead atoms. The number of hydrazine groups is 1. The summed E-state index contributed by atoms with van der Waals surface area (Å²) in [4.78, 5) is 14.9. The first-order valence-corrected chi connectivity index (χ1v) is 7.20. The van der Waals surface area contributed by atoms with Crippen molar-refractivity contribution < 1.29 is 17.7 Å². The number of amides is 1. The lowest BCUT2D eigenvalue weighted by molar-refractivity contribution is 0.0910. The van der Waals surface area contributed by atoms with Crippen LogP contribution in [0, 0.1) is 6.92 Å². The largest absolute Gasteiger partial charge is 0.328 e. The molecule has 8 nitrogen and oxygen atoms in total. The number of sulfone groups is 1. The first kappa shape index (κ1) is 14.2. The van der Waals surface area contributed by atoms with E-state index in [0.717, 1.165) is 5.56 Å². The van der Waals surface area contributed by atoms with Gasteiger partial charge in [0.15, 0.2) is 15.7 Å². The molecule has 0 aliphatic carbocycles. The summed E-state index contributed by atoms with van der Waals surface area (Å²) in [5.74, 6) is 3.16. The first-order valence-electron chi connectivity index (χ1n) is 5.55. The molecule has 0 saturated carbocycles. The Kier molecular flexibility index (Phi) is 3.81. The average Bonchev–Trinajstić information content (AvgIpc) is 2.86. The maximum atomic E-state index is 12.1. The highest BCUT2D eigenvalue weighted by Crippen LogP contribution is 2.15. The number of hydrogen-bond acceptors (Lipinski definition) is 7. The van der Waals surface area contributed by atoms with E-state index in [2.05, 4.69) is 14.7 Å². The zero-order valence-electron chi connectivity index (χ0n) is 10.5. The summed E-state index contributed by atoms with van der Waals surface area (Å²) >= 11 is 0. The molecule has 0 aliphatic rings. The summed E-state index contributed by atoms with van der Waals surface area (Å²) in [5, 5.41) is 3.43. The molecule has 0 spiro atoms. The molecular weight excluding hydrogens is 284 g/mol. The summed E-state index contributed by atoms with van der Waals surface area (Å²) in [7, 11) is -3.60. The summed E-state index contributed by atoms with van der Waals surface area (Å²) in [6, 6.07) is 6.38. The van der Waals surface area contributed by atoms with Gasteiger partial charge in [-0.2, -0.15) is 4.98 Å². The van der Waals surface area contributed by atoms with Crippen molar-refractivity contribution in [2.75, 3.05) is 0 Å². The smallest absolute Gasteiger partial charge is 0.323 e. The third kappa shape index (κ3) is 3.00. The van der Waals surface area contributed by atoms with Crippen LogP contribution in [0.3, 0.4) is 0 Å². The van der Waals surface area contributed by atoms with Gasteiger partial charge in [-0.15, -0.1) is 0 Å². The van der Waals surface area contributed by atoms with Gasteiger partial charge in [-0.25, -0.2) is 14.3 Å². The third-order valence-electron chi connectivity index (χ3n) is 2.49. The van der Waals surface area contributed by atoms with Gasteiger partial charge in [-0.3, -0.25) is 10.2 Å². The van der Waals surface area contributed by atoms with Gasteiger partial charge in [0, 0.05) is 0 Å². The van der Waals surface area contributed by atoms with Crippen molar-refractivity contribution in [3.05, 3.63) is 41.5 Å². The number of carbonyl (C=O) groups excluding carboxylic acids is 1. The van der Waals surface area contributed by atoms with E-state index in [1.807, 2.05) is 12.3 Å². The maximum absolute atomic E-state index is 12.1. The Hall–Kier alpha value is -2.26. The Morgan fingerprint density at radius 3 is 2.60 bits per heavy atom. The average molecular weight is 296 g/mol. The highest BCUT2D eigenvalue weighted by Gasteiger charge is 2.21. The topological polar surface area (TPSA) is 128 Å². The van der Waals surface area contributed by atoms with E-state index in [9.17, 15) is 13.2 Å². The Balaban J connectivity index is 2.22. The van der Waals surface area contributed by atoms with E-state index in [0.29, 0.717) is 0 Å². The van der Waals surface area contributed by atoms with Gasteiger partial charge < -0.3 is 4.52 Å². The van der Waals surface area contributed by atoms with E-state index in [1.165, 1.54) is 12.1 Å². The molecule has 3 N–H and O–H groups in total. The van der Waals surface area contributed by atoms with Crippen molar-refractivity contribution in [1.82, 2.24) is 15.6 Å². The van der Waals surface area contributed by atoms with E-state index < -0.39 is 21.5 Å². The van der Waals surface area contributed by atoms with Crippen LogP contribution in [0.2, 0.25) is 0 Å². The number of carbonyl (C=O) groups is 1. The van der Waals surface area contributed by atoms with Crippen molar-refractivity contribution in [3.63, 3.8) is 0 Å². The number of nitrogens with zero attached hydrogens (tertiary/aromatic N) is 2. The molecular formula is C11H12N4O4S. The molecule has 20 heavy (non-hydrogen) atoms. The number of aryl methyl sites for hydroxylation is 1. The molecule has 0 radical (unpaired) electrons. The van der Waals surface area contributed by atoms with Gasteiger partial charge in [0.25, 0.3) is 0 Å². The van der Waals surface area contributed by atoms with Crippen molar-refractivity contribution in [2.45, 2.75) is 17.6 Å². The van der Waals surface area contributed by atoms with Gasteiger partial charge in [0.2, 0.25) is 0 Å². The van der Waals surface area contributed by atoms with Crippen molar-refractivity contribution in [2.24, 2.45) is 5.84 Å². The molecule has 1 heterocycles. The molecule has 0 saturated heterocycles. The standard InChI is InChI=1S/C11H12N4O4S/c1-7-2-4-8(5-3-7)20(17,18)6-9-13-11(19-15-9)10(16)14-12/h2-5H,6,12H2,1H3,(H,14,16). The Morgan fingerprint density at radius 1 is 1.35 bits per heavy atom. The third-order valence-corrected chi connectivity index (χ3v) is 4.12. The zero-order valence-corrected chi connectivity index (χ0v) is 11.3. The first-order chi connectivity index (χ1) is 9.42. The molecule has 9 heteroatoms. The number of aromatic nitrogens is 2. The summed E-state index contributed by atoms with van der Waals surface area (Å²) in [5.41, 5.74) is 2.76. The molecule has 1 amide bonds. The lowest BCUT2D eigenvalue weighted by Crippen LogP contribution is -2.30. The second kappa shape index (κ2) is 5.39. The summed E-state index contributed by atoms with van der Waals surface area (Å²) in [6.45, 7) is 1.85. The summed E-state index contributed by atoms with van der Waals surface area (Å²) in [6.07, 6.45) is 0. The van der Waals surface area contributed by atoms with Crippen LogP contribution in [-0.4, -0.2) is 24.5 Å². The number of rotatable bonds is 4. The Labute approximate surface area is 114 Å². The number of benzene rings is 1. The molecule has 1 aromatic heterocycles. The number of nitrogens with one attached hydrogen (secondary N) is 1. The second-order valence-corrected chi connectivity index (χ2v) is 6.05. The van der Waals surface area contributed by atoms with Crippen molar-refractivity contribution >= 4 is 15.7 Å². The molecule has 2 rings (SSSR count). The zero-order chi connectivity index (χ0) is 14.8. The molecule has 0 unspecified atom stereocenters. The Morgan fingerprint density at radius 2 is 2.00 bits per heavy atom. The van der Waals surface area contributed by atoms with E-state index in [4.69, 9.17) is 5.84 Å². The molecule has 0 atom stereocenters. The van der Waals surface area contributed by atoms with E-state index in [1.54, 1.807) is 12.1 Å². The number of hydrogen-bond donors (Lipinski definition) is 2. The number of nitrogens with two attached hydrogens (primary N) is 1. The number of nitrogen functional groups attached to an aromatic ring is 1. The van der Waals surface area contributed by atoms with Crippen LogP contribution in [0.1, 0.15) is 22.1 Å².